The molecule has 0 aliphatic carbocycles. The van der Waals surface area contributed by atoms with Crippen molar-refractivity contribution < 1.29 is 44.0 Å². The summed E-state index contributed by atoms with van der Waals surface area (Å²) < 4.78 is 34.2. The van der Waals surface area contributed by atoms with E-state index in [0.29, 0.717) is 10.9 Å². The summed E-state index contributed by atoms with van der Waals surface area (Å²) in [7, 11) is -4.33. The van der Waals surface area contributed by atoms with Crippen LogP contribution in [0.4, 0.5) is 0 Å². The van der Waals surface area contributed by atoms with Crippen molar-refractivity contribution >= 4 is 20.9 Å². The molecule has 0 radical (unpaired) electrons. The minimum atomic E-state index is -4.33. The summed E-state index contributed by atoms with van der Waals surface area (Å²) in [4.78, 5) is 0.0445. The van der Waals surface area contributed by atoms with Gasteiger partial charge in [-0.2, -0.15) is 8.42 Å². The second-order valence-electron chi connectivity index (χ2n) is 7.82. The minimum Gasteiger partial charge on any atom is -1.00 e. The molecule has 122 valence electrons. The van der Waals surface area contributed by atoms with Crippen LogP contribution in [-0.2, 0) is 20.9 Å². The molecule has 1 N–H and O–H groups in total. The van der Waals surface area contributed by atoms with Crippen LogP contribution in [0.3, 0.4) is 0 Å². The van der Waals surface area contributed by atoms with Crippen LogP contribution in [-0.4, -0.2) is 13.0 Å². The second-order valence-corrected chi connectivity index (χ2v) is 9.18. The number of benzene rings is 2. The summed E-state index contributed by atoms with van der Waals surface area (Å²) in [6.07, 6.45) is 0. The van der Waals surface area contributed by atoms with Crippen molar-refractivity contribution in [1.29, 1.82) is 0 Å². The van der Waals surface area contributed by atoms with Crippen LogP contribution in [0.25, 0.3) is 10.8 Å². The Morgan fingerprint density at radius 1 is 0.957 bits per heavy atom. The molecule has 0 bridgehead atoms. The molecule has 0 spiro atoms. The SMILES string of the molecule is CC(C)(C)c1cc2ccccc2c(S(=O)(=O)O)c1C(C)(C)C.[H-].[Na+]. The van der Waals surface area contributed by atoms with Crippen molar-refractivity contribution in [2.45, 2.75) is 57.3 Å². The third-order valence-corrected chi connectivity index (χ3v) is 4.76. The molecule has 0 atom stereocenters. The van der Waals surface area contributed by atoms with Gasteiger partial charge in [0.05, 0.1) is 0 Å². The van der Waals surface area contributed by atoms with E-state index in [1.54, 1.807) is 12.1 Å². The van der Waals surface area contributed by atoms with E-state index < -0.39 is 15.5 Å². The number of rotatable bonds is 1. The van der Waals surface area contributed by atoms with Crippen molar-refractivity contribution in [3.05, 3.63) is 41.5 Å². The zero-order chi connectivity index (χ0) is 16.9. The average Bonchev–Trinajstić information content (AvgIpc) is 2.33. The number of fused-ring (bicyclic) bond motifs is 1. The van der Waals surface area contributed by atoms with E-state index in [4.69, 9.17) is 0 Å². The molecule has 2 aromatic carbocycles. The first-order chi connectivity index (χ1) is 9.83. The predicted octanol–water partition coefficient (Wildman–Crippen LogP) is 1.80. The van der Waals surface area contributed by atoms with Gasteiger partial charge in [-0.15, -0.1) is 0 Å². The molecule has 0 amide bonds. The van der Waals surface area contributed by atoms with E-state index in [1.807, 2.05) is 39.0 Å². The van der Waals surface area contributed by atoms with Gasteiger partial charge in [-0.3, -0.25) is 4.55 Å². The van der Waals surface area contributed by atoms with Crippen LogP contribution in [0.1, 0.15) is 54.1 Å². The van der Waals surface area contributed by atoms with E-state index in [2.05, 4.69) is 20.8 Å². The average molecular weight is 344 g/mol. The fraction of sp³-hybridized carbons (Fsp3) is 0.444. The first-order valence-corrected chi connectivity index (χ1v) is 8.81. The molecule has 0 heterocycles. The molecule has 0 aliphatic rings. The third-order valence-electron chi connectivity index (χ3n) is 3.82. The standard InChI is InChI=1S/C18H24O3S.Na.H/c1-17(2,3)14-11-12-9-7-8-10-13(12)16(22(19,20)21)15(14)18(4,5)6;;/h7-11H,1-6H3,(H,19,20,21);;/q;+1;-1. The second kappa shape index (κ2) is 6.49. The maximum atomic E-state index is 12.1. The maximum absolute atomic E-state index is 12.1. The van der Waals surface area contributed by atoms with Crippen LogP contribution in [0.2, 0.25) is 0 Å². The predicted molar refractivity (Wildman–Crippen MR) is 92.3 cm³/mol. The first kappa shape index (κ1) is 20.7. The van der Waals surface area contributed by atoms with Crippen molar-refractivity contribution in [1.82, 2.24) is 0 Å². The molecule has 0 aromatic heterocycles. The summed E-state index contributed by atoms with van der Waals surface area (Å²) in [5.41, 5.74) is 1.01. The minimum absolute atomic E-state index is 0. The van der Waals surface area contributed by atoms with Crippen LogP contribution in [0, 0.1) is 0 Å². The van der Waals surface area contributed by atoms with Gasteiger partial charge >= 0.3 is 29.6 Å². The summed E-state index contributed by atoms with van der Waals surface area (Å²) in [5.74, 6) is 0. The van der Waals surface area contributed by atoms with Gasteiger partial charge in [-0.05, 0) is 27.3 Å². The van der Waals surface area contributed by atoms with Crippen molar-refractivity contribution in [2.24, 2.45) is 0 Å². The monoisotopic (exact) mass is 344 g/mol. The van der Waals surface area contributed by atoms with E-state index in [0.717, 1.165) is 10.9 Å². The Hall–Kier alpha value is -0.390. The van der Waals surface area contributed by atoms with Crippen LogP contribution >= 0.6 is 0 Å². The van der Waals surface area contributed by atoms with Gasteiger partial charge in [-0.1, -0.05) is 71.9 Å². The van der Waals surface area contributed by atoms with Gasteiger partial charge < -0.3 is 1.43 Å². The maximum Gasteiger partial charge on any atom is 1.00 e. The molecule has 0 saturated carbocycles. The van der Waals surface area contributed by atoms with Gasteiger partial charge in [0, 0.05) is 5.39 Å². The Morgan fingerprint density at radius 3 is 1.91 bits per heavy atom. The largest absolute Gasteiger partial charge is 1.00 e. The zero-order valence-corrected chi connectivity index (χ0v) is 17.9. The quantitative estimate of drug-likeness (QED) is 0.634. The molecule has 5 heteroatoms. The normalized spacial score (nSPS) is 13.0. The first-order valence-electron chi connectivity index (χ1n) is 7.37. The Morgan fingerprint density at radius 2 is 1.48 bits per heavy atom. The molecular weight excluding hydrogens is 319 g/mol. The molecule has 2 aromatic rings. The Kier molecular flexibility index (Phi) is 5.83. The zero-order valence-electron chi connectivity index (χ0n) is 16.1. The van der Waals surface area contributed by atoms with Crippen LogP contribution < -0.4 is 29.6 Å². The van der Waals surface area contributed by atoms with Crippen LogP contribution in [0.5, 0.6) is 0 Å². The Balaban J connectivity index is 0.00000264. The van der Waals surface area contributed by atoms with E-state index >= 15 is 0 Å². The molecule has 0 saturated heterocycles. The third kappa shape index (κ3) is 4.18. The summed E-state index contributed by atoms with van der Waals surface area (Å²) in [6, 6.07) is 9.34. The van der Waals surface area contributed by atoms with Crippen molar-refractivity contribution in [3.63, 3.8) is 0 Å². The number of hydrogen-bond donors (Lipinski definition) is 1. The smallest absolute Gasteiger partial charge is 1.00 e. The van der Waals surface area contributed by atoms with E-state index in [-0.39, 0.29) is 41.3 Å². The topological polar surface area (TPSA) is 54.4 Å². The molecule has 2 rings (SSSR count). The Labute approximate surface area is 163 Å². The molecule has 3 nitrogen and oxygen atoms in total. The van der Waals surface area contributed by atoms with Gasteiger partial charge in [-0.25, -0.2) is 0 Å². The number of hydrogen-bond acceptors (Lipinski definition) is 2. The molecule has 0 fully saturated rings. The van der Waals surface area contributed by atoms with E-state index in [1.165, 1.54) is 0 Å². The van der Waals surface area contributed by atoms with Crippen LogP contribution in [0.15, 0.2) is 35.2 Å². The molecule has 0 unspecified atom stereocenters. The van der Waals surface area contributed by atoms with Crippen molar-refractivity contribution in [2.75, 3.05) is 0 Å². The Bertz CT molecular complexity index is 832. The van der Waals surface area contributed by atoms with Crippen molar-refractivity contribution in [3.8, 4) is 0 Å². The molecule has 23 heavy (non-hydrogen) atoms. The summed E-state index contributed by atoms with van der Waals surface area (Å²) in [5, 5.41) is 1.40. The fourth-order valence-electron chi connectivity index (χ4n) is 2.92. The van der Waals surface area contributed by atoms with Gasteiger partial charge in [0.2, 0.25) is 0 Å². The summed E-state index contributed by atoms with van der Waals surface area (Å²) >= 11 is 0. The van der Waals surface area contributed by atoms with Gasteiger partial charge in [0.25, 0.3) is 10.1 Å². The molecular formula is C18H25NaO3S. The van der Waals surface area contributed by atoms with Gasteiger partial charge in [0.1, 0.15) is 4.90 Å². The van der Waals surface area contributed by atoms with E-state index in [9.17, 15) is 13.0 Å². The summed E-state index contributed by atoms with van der Waals surface area (Å²) in [6.45, 7) is 12.1. The fourth-order valence-corrected chi connectivity index (χ4v) is 4.06. The molecule has 0 aliphatic heterocycles. The van der Waals surface area contributed by atoms with Gasteiger partial charge in [0.15, 0.2) is 0 Å².